The van der Waals surface area contributed by atoms with Gasteiger partial charge in [0.05, 0.1) is 12.7 Å². The zero-order valence-electron chi connectivity index (χ0n) is 10.8. The summed E-state index contributed by atoms with van der Waals surface area (Å²) >= 11 is 3.30. The van der Waals surface area contributed by atoms with Crippen LogP contribution in [0.25, 0.3) is 0 Å². The van der Waals surface area contributed by atoms with Gasteiger partial charge in [-0.15, -0.1) is 0 Å². The molecule has 100 valence electrons. The molecule has 1 fully saturated rings. The summed E-state index contributed by atoms with van der Waals surface area (Å²) in [5, 5.41) is 0. The third kappa shape index (κ3) is 4.06. The lowest BCUT2D eigenvalue weighted by molar-refractivity contribution is 0.00166. The lowest BCUT2D eigenvalue weighted by Gasteiger charge is -2.28. The number of hydrogen-bond acceptors (Lipinski definition) is 1. The van der Waals surface area contributed by atoms with Crippen molar-refractivity contribution in [2.24, 2.45) is 5.92 Å². The molecule has 18 heavy (non-hydrogen) atoms. The van der Waals surface area contributed by atoms with E-state index in [0.717, 1.165) is 28.8 Å². The van der Waals surface area contributed by atoms with E-state index in [2.05, 4.69) is 22.9 Å². The van der Waals surface area contributed by atoms with Gasteiger partial charge in [-0.25, -0.2) is 4.39 Å². The van der Waals surface area contributed by atoms with E-state index in [4.69, 9.17) is 4.74 Å². The van der Waals surface area contributed by atoms with Gasteiger partial charge in [0.15, 0.2) is 0 Å². The predicted molar refractivity (Wildman–Crippen MR) is 74.9 cm³/mol. The standard InChI is InChI=1S/C15H20BrFO/c1-2-11-4-3-5-15(8-11)18-10-12-6-13(16)9-14(17)7-12/h6-7,9,11,15H,2-5,8,10H2,1H3. The van der Waals surface area contributed by atoms with Gasteiger partial charge in [0.1, 0.15) is 5.82 Å². The van der Waals surface area contributed by atoms with E-state index in [0.29, 0.717) is 12.7 Å². The molecule has 1 aliphatic carbocycles. The van der Waals surface area contributed by atoms with Crippen LogP contribution in [0, 0.1) is 11.7 Å². The van der Waals surface area contributed by atoms with Crippen LogP contribution in [0.15, 0.2) is 22.7 Å². The van der Waals surface area contributed by atoms with E-state index in [-0.39, 0.29) is 5.82 Å². The molecule has 1 aromatic rings. The topological polar surface area (TPSA) is 9.23 Å². The van der Waals surface area contributed by atoms with Crippen LogP contribution in [0.1, 0.15) is 44.6 Å². The fourth-order valence-corrected chi connectivity index (χ4v) is 3.18. The maximum Gasteiger partial charge on any atom is 0.124 e. The Morgan fingerprint density at radius 1 is 1.33 bits per heavy atom. The number of rotatable bonds is 4. The Kier molecular flexibility index (Phi) is 5.19. The summed E-state index contributed by atoms with van der Waals surface area (Å²) in [4.78, 5) is 0. The monoisotopic (exact) mass is 314 g/mol. The summed E-state index contributed by atoms with van der Waals surface area (Å²) in [7, 11) is 0. The van der Waals surface area contributed by atoms with Crippen molar-refractivity contribution < 1.29 is 9.13 Å². The zero-order chi connectivity index (χ0) is 13.0. The molecule has 0 aliphatic heterocycles. The van der Waals surface area contributed by atoms with Gasteiger partial charge in [0.25, 0.3) is 0 Å². The predicted octanol–water partition coefficient (Wildman–Crippen LogP) is 5.07. The quantitative estimate of drug-likeness (QED) is 0.753. The SMILES string of the molecule is CCC1CCCC(OCc2cc(F)cc(Br)c2)C1. The highest BCUT2D eigenvalue weighted by Gasteiger charge is 2.21. The van der Waals surface area contributed by atoms with Gasteiger partial charge >= 0.3 is 0 Å². The first kappa shape index (κ1) is 14.0. The van der Waals surface area contributed by atoms with Gasteiger partial charge in [-0.2, -0.15) is 0 Å². The van der Waals surface area contributed by atoms with Crippen LogP contribution >= 0.6 is 15.9 Å². The Morgan fingerprint density at radius 2 is 2.17 bits per heavy atom. The summed E-state index contributed by atoms with van der Waals surface area (Å²) in [6.45, 7) is 2.76. The maximum absolute atomic E-state index is 13.2. The highest BCUT2D eigenvalue weighted by Crippen LogP contribution is 2.29. The van der Waals surface area contributed by atoms with Gasteiger partial charge in [-0.05, 0) is 42.5 Å². The molecule has 0 spiro atoms. The number of hydrogen-bond donors (Lipinski definition) is 0. The molecule has 1 saturated carbocycles. The molecule has 0 radical (unpaired) electrons. The van der Waals surface area contributed by atoms with E-state index in [9.17, 15) is 4.39 Å². The molecule has 2 atom stereocenters. The third-order valence-electron chi connectivity index (χ3n) is 3.72. The molecule has 2 unspecified atom stereocenters. The fraction of sp³-hybridized carbons (Fsp3) is 0.600. The van der Waals surface area contributed by atoms with Crippen LogP contribution in [0.2, 0.25) is 0 Å². The maximum atomic E-state index is 13.2. The summed E-state index contributed by atoms with van der Waals surface area (Å²) < 4.78 is 19.9. The Balaban J connectivity index is 1.87. The Bertz CT molecular complexity index is 374. The average molecular weight is 315 g/mol. The van der Waals surface area contributed by atoms with Crippen LogP contribution in [-0.2, 0) is 11.3 Å². The molecule has 1 aliphatic rings. The molecule has 1 nitrogen and oxygen atoms in total. The smallest absolute Gasteiger partial charge is 0.124 e. The Labute approximate surface area is 117 Å². The number of halogens is 2. The first-order valence-electron chi connectivity index (χ1n) is 6.74. The summed E-state index contributed by atoms with van der Waals surface area (Å²) in [6.07, 6.45) is 6.49. The number of benzene rings is 1. The second kappa shape index (κ2) is 6.67. The minimum atomic E-state index is -0.210. The van der Waals surface area contributed by atoms with Gasteiger partial charge in [-0.1, -0.05) is 42.1 Å². The van der Waals surface area contributed by atoms with Gasteiger partial charge in [0, 0.05) is 4.47 Å². The Hall–Kier alpha value is -0.410. The first-order valence-corrected chi connectivity index (χ1v) is 7.53. The second-order valence-corrected chi connectivity index (χ2v) is 6.07. The van der Waals surface area contributed by atoms with E-state index in [1.165, 1.54) is 25.3 Å². The molecule has 1 aromatic carbocycles. The normalized spacial score (nSPS) is 24.2. The zero-order valence-corrected chi connectivity index (χ0v) is 12.4. The minimum absolute atomic E-state index is 0.210. The van der Waals surface area contributed by atoms with Crippen molar-refractivity contribution in [1.82, 2.24) is 0 Å². The minimum Gasteiger partial charge on any atom is -0.374 e. The van der Waals surface area contributed by atoms with E-state index >= 15 is 0 Å². The molecule has 0 heterocycles. The van der Waals surface area contributed by atoms with Crippen molar-refractivity contribution >= 4 is 15.9 Å². The highest BCUT2D eigenvalue weighted by atomic mass is 79.9. The third-order valence-corrected chi connectivity index (χ3v) is 4.18. The average Bonchev–Trinajstić information content (AvgIpc) is 2.35. The molecular formula is C15H20BrFO. The van der Waals surface area contributed by atoms with Crippen molar-refractivity contribution in [2.45, 2.75) is 51.7 Å². The number of ether oxygens (including phenoxy) is 1. The molecule has 0 amide bonds. The van der Waals surface area contributed by atoms with Crippen LogP contribution in [0.5, 0.6) is 0 Å². The van der Waals surface area contributed by atoms with Crippen LogP contribution in [0.4, 0.5) is 4.39 Å². The van der Waals surface area contributed by atoms with Crippen molar-refractivity contribution in [2.75, 3.05) is 0 Å². The molecular weight excluding hydrogens is 295 g/mol. The van der Waals surface area contributed by atoms with E-state index in [1.807, 2.05) is 6.07 Å². The fourth-order valence-electron chi connectivity index (χ4n) is 2.67. The van der Waals surface area contributed by atoms with Crippen molar-refractivity contribution in [3.8, 4) is 0 Å². The van der Waals surface area contributed by atoms with Gasteiger partial charge < -0.3 is 4.74 Å². The molecule has 3 heteroatoms. The Morgan fingerprint density at radius 3 is 2.89 bits per heavy atom. The van der Waals surface area contributed by atoms with Crippen molar-refractivity contribution in [3.05, 3.63) is 34.1 Å². The lowest BCUT2D eigenvalue weighted by atomic mass is 9.85. The molecule has 0 aromatic heterocycles. The van der Waals surface area contributed by atoms with Gasteiger partial charge in [0.2, 0.25) is 0 Å². The van der Waals surface area contributed by atoms with E-state index in [1.54, 1.807) is 6.07 Å². The van der Waals surface area contributed by atoms with Gasteiger partial charge in [-0.3, -0.25) is 0 Å². The summed E-state index contributed by atoms with van der Waals surface area (Å²) in [6, 6.07) is 4.94. The summed E-state index contributed by atoms with van der Waals surface area (Å²) in [5.74, 6) is 0.598. The van der Waals surface area contributed by atoms with Crippen molar-refractivity contribution in [1.29, 1.82) is 0 Å². The van der Waals surface area contributed by atoms with Crippen molar-refractivity contribution in [3.63, 3.8) is 0 Å². The lowest BCUT2D eigenvalue weighted by Crippen LogP contribution is -2.22. The largest absolute Gasteiger partial charge is 0.374 e. The first-order chi connectivity index (χ1) is 8.67. The molecule has 0 saturated heterocycles. The highest BCUT2D eigenvalue weighted by molar-refractivity contribution is 9.10. The molecule has 2 rings (SSSR count). The van der Waals surface area contributed by atoms with Crippen LogP contribution < -0.4 is 0 Å². The van der Waals surface area contributed by atoms with Crippen LogP contribution in [0.3, 0.4) is 0 Å². The second-order valence-electron chi connectivity index (χ2n) is 5.15. The summed E-state index contributed by atoms with van der Waals surface area (Å²) in [5.41, 5.74) is 0.903. The molecule has 0 N–H and O–H groups in total. The van der Waals surface area contributed by atoms with Crippen LogP contribution in [-0.4, -0.2) is 6.10 Å². The molecule has 0 bridgehead atoms. The van der Waals surface area contributed by atoms with E-state index < -0.39 is 0 Å².